The summed E-state index contributed by atoms with van der Waals surface area (Å²) in [5, 5.41) is 67.2. The van der Waals surface area contributed by atoms with E-state index >= 15 is 0 Å². The van der Waals surface area contributed by atoms with E-state index in [9.17, 15) is 8.78 Å². The van der Waals surface area contributed by atoms with Gasteiger partial charge in [0.15, 0.2) is 15.4 Å². The Morgan fingerprint density at radius 1 is 0.353 bits per heavy atom. The molecule has 12 heterocycles. The number of rotatable bonds is 12. The minimum atomic E-state index is -0.450. The number of nitrogens with one attached hydrogen (secondary N) is 13. The van der Waals surface area contributed by atoms with Gasteiger partial charge in [0, 0.05) is 203 Å². The number of aromatic nitrogens is 20. The minimum Gasteiger partial charge on any atom is -0.379 e. The molecule has 32 nitrogen and oxygen atoms in total. The first kappa shape index (κ1) is 123. The number of aryl methyl sites for hydroxylation is 12. The van der Waals surface area contributed by atoms with Crippen LogP contribution in [0.4, 0.5) is 76.7 Å². The van der Waals surface area contributed by atoms with Crippen molar-refractivity contribution >= 4 is 102 Å². The molecule has 0 spiro atoms. The normalized spacial score (nSPS) is 11.6. The van der Waals surface area contributed by atoms with Crippen LogP contribution in [-0.2, 0) is 42.3 Å². The van der Waals surface area contributed by atoms with E-state index in [1.54, 1.807) is 87.3 Å². The molecule has 0 unspecified atom stereocenters. The zero-order chi connectivity index (χ0) is 105. The second kappa shape index (κ2) is 53.7. The van der Waals surface area contributed by atoms with Crippen molar-refractivity contribution in [3.63, 3.8) is 0 Å². The summed E-state index contributed by atoms with van der Waals surface area (Å²) in [5.74, 6) is 5.58. The maximum atomic E-state index is 12.8. The molecule has 136 heavy (non-hydrogen) atoms. The van der Waals surface area contributed by atoms with Crippen molar-refractivity contribution in [2.75, 3.05) is 63.8 Å². The summed E-state index contributed by atoms with van der Waals surface area (Å²) in [4.78, 5) is 36.5. The summed E-state index contributed by atoms with van der Waals surface area (Å²) >= 11 is 4.97. The average Bonchev–Trinajstić information content (AvgIpc) is 1.82. The lowest BCUT2D eigenvalue weighted by Crippen LogP contribution is -2.27. The van der Waals surface area contributed by atoms with Crippen molar-refractivity contribution in [1.82, 2.24) is 98.3 Å². The number of pyridine rings is 2. The molecule has 0 bridgehead atoms. The van der Waals surface area contributed by atoms with Crippen molar-refractivity contribution in [2.24, 2.45) is 42.3 Å². The van der Waals surface area contributed by atoms with Gasteiger partial charge in [0.05, 0.1) is 41.4 Å². The van der Waals surface area contributed by atoms with Crippen LogP contribution in [0.15, 0.2) is 115 Å². The van der Waals surface area contributed by atoms with Gasteiger partial charge in [-0.05, 0) is 309 Å². The highest BCUT2D eigenvalue weighted by atomic mass is 32.1. The van der Waals surface area contributed by atoms with E-state index in [2.05, 4.69) is 349 Å². The van der Waals surface area contributed by atoms with Gasteiger partial charge in [-0.25, -0.2) is 39.9 Å². The van der Waals surface area contributed by atoms with Crippen LogP contribution in [0.1, 0.15) is 282 Å². The van der Waals surface area contributed by atoms with Gasteiger partial charge in [-0.15, -0.1) is 39.1 Å². The van der Waals surface area contributed by atoms with Crippen molar-refractivity contribution in [3.05, 3.63) is 160 Å². The summed E-state index contributed by atoms with van der Waals surface area (Å²) in [5.41, 5.74) is 7.51. The molecule has 0 amide bonds. The number of nitrogens with zero attached hydrogens (tertiary/aromatic N) is 19. The number of halogens is 2. The Kier molecular flexibility index (Phi) is 48.6. The van der Waals surface area contributed by atoms with E-state index in [0.717, 1.165) is 79.0 Å². The molecule has 764 valence electrons. The standard InChI is InChI=1S/C10H15FN2.C9H13FN2.2C9H17N3.4C8H15N3.2C8H14N2S.C7H14N4.C7H12N2S/c1-7-5-8(6-12-9(7)11)13-10(2,3)4;1-9(2,3)12-7-4-5-8(10)11-6-7;1-7-6-8(11-12(7)5)10-9(2,3)4;1-7-6-8(12(5)11-7)10-9(2,3)4;1-8(2,3)10-7-9-5-6-11(7)4;1-8(2,3)9-7-5-6-11(4)10-7;1-8(2,3)10-7-5-6-9-11(7)4;1-6-5-9-7(10-6)11-8(2,3)4;1-6-5-11-7(9-6)10-8(2,3)4;1-6-5-9-7(11-6)10-8(2,3)4;1-7(2,3)9-6-8-5-11(4)10-6;1-7(2,3)9-6-8-4-5-10-6/h5-6,13H,1-4H3;4-6,12H,1-3H3;6H,1-5H3,(H,10,11);6,10H,1-5H3;2*5-6H,1-4H3,(H,9,10);5-6,10H,1-4H3;5H,1-4H3,(H2,9,10,11);3*5H,1-4H3,(H,9,10);4-5H,1-3H3,(H,8,9). The van der Waals surface area contributed by atoms with Crippen molar-refractivity contribution < 1.29 is 8.78 Å². The largest absolute Gasteiger partial charge is 0.379 e. The number of thiazole rings is 3. The molecule has 0 aliphatic heterocycles. The molecular weight excluding hydrogens is 1770 g/mol. The summed E-state index contributed by atoms with van der Waals surface area (Å²) in [6.07, 6.45) is 17.6. The molecule has 0 aromatic carbocycles. The van der Waals surface area contributed by atoms with Crippen LogP contribution in [-0.4, -0.2) is 165 Å². The number of aromatic amines is 1. The van der Waals surface area contributed by atoms with Gasteiger partial charge < -0.3 is 73.4 Å². The fraction of sp³-hybridized carbons (Fsp3) is 0.606. The minimum absolute atomic E-state index is 0.0144. The Balaban J connectivity index is 0.000000742. The van der Waals surface area contributed by atoms with Gasteiger partial charge in [-0.2, -0.15) is 29.2 Å². The zero-order valence-corrected chi connectivity index (χ0v) is 94.4. The summed E-state index contributed by atoms with van der Waals surface area (Å²) < 4.78 is 36.2. The number of imidazole rings is 2. The Hall–Kier alpha value is -11.0. The maximum absolute atomic E-state index is 12.8. The highest BCUT2D eigenvalue weighted by Gasteiger charge is 2.20. The van der Waals surface area contributed by atoms with Gasteiger partial charge in [0.2, 0.25) is 29.7 Å². The first-order valence-corrected chi connectivity index (χ1v) is 48.3. The van der Waals surface area contributed by atoms with E-state index in [4.69, 9.17) is 0 Å². The van der Waals surface area contributed by atoms with Gasteiger partial charge in [-0.3, -0.25) is 23.4 Å². The Morgan fingerprint density at radius 2 is 0.860 bits per heavy atom. The second-order valence-electron chi connectivity index (χ2n) is 45.4. The Labute approximate surface area is 827 Å². The van der Waals surface area contributed by atoms with E-state index < -0.39 is 11.9 Å². The lowest BCUT2D eigenvalue weighted by Gasteiger charge is -2.21. The van der Waals surface area contributed by atoms with E-state index in [-0.39, 0.29) is 66.5 Å². The van der Waals surface area contributed by atoms with E-state index in [1.807, 2.05) is 190 Å². The van der Waals surface area contributed by atoms with Gasteiger partial charge in [0.1, 0.15) is 29.6 Å². The van der Waals surface area contributed by atoms with E-state index in [1.165, 1.54) is 29.0 Å². The molecule has 0 saturated heterocycles. The van der Waals surface area contributed by atoms with Crippen LogP contribution in [0, 0.1) is 53.4 Å². The molecule has 12 aromatic rings. The molecule has 13 N–H and O–H groups in total. The van der Waals surface area contributed by atoms with Crippen LogP contribution < -0.4 is 63.8 Å². The second-order valence-corrected chi connectivity index (χ2v) is 48.4. The highest BCUT2D eigenvalue weighted by Crippen LogP contribution is 2.25. The zero-order valence-electron chi connectivity index (χ0n) is 91.9. The number of hydrogen-bond acceptors (Lipinski definition) is 28. The van der Waals surface area contributed by atoms with Crippen LogP contribution in [0.25, 0.3) is 0 Å². The van der Waals surface area contributed by atoms with Gasteiger partial charge >= 0.3 is 0 Å². The third-order valence-corrected chi connectivity index (χ3v) is 17.5. The van der Waals surface area contributed by atoms with E-state index in [0.29, 0.717) is 11.5 Å². The molecule has 0 aliphatic carbocycles. The van der Waals surface area contributed by atoms with Crippen molar-refractivity contribution in [2.45, 2.75) is 357 Å². The van der Waals surface area contributed by atoms with Crippen LogP contribution in [0.5, 0.6) is 0 Å². The molecule has 0 saturated carbocycles. The first-order valence-electron chi connectivity index (χ1n) is 45.7. The maximum Gasteiger partial charge on any atom is 0.242 e. The summed E-state index contributed by atoms with van der Waals surface area (Å²) in [7, 11) is 11.5. The predicted molar refractivity (Wildman–Crippen MR) is 579 cm³/mol. The molecule has 12 rings (SSSR count). The molecule has 12 aromatic heterocycles. The monoisotopic (exact) mass is 1950 g/mol. The Bertz CT molecular complexity index is 4860. The third-order valence-electron chi connectivity index (χ3n) is 15.2. The summed E-state index contributed by atoms with van der Waals surface area (Å²) in [6, 6.07) is 12.8. The van der Waals surface area contributed by atoms with Crippen LogP contribution in [0.3, 0.4) is 0 Å². The number of anilines is 12. The predicted octanol–water partition coefficient (Wildman–Crippen LogP) is 24.6. The van der Waals surface area contributed by atoms with Gasteiger partial charge in [0.25, 0.3) is 0 Å². The first-order chi connectivity index (χ1) is 61.5. The molecule has 37 heteroatoms. The third kappa shape index (κ3) is 64.9. The quantitative estimate of drug-likeness (QED) is 0.0505. The fourth-order valence-electron chi connectivity index (χ4n) is 10.3. The average molecular weight is 1950 g/mol. The molecule has 0 radical (unpaired) electrons. The van der Waals surface area contributed by atoms with Crippen molar-refractivity contribution in [1.29, 1.82) is 0 Å². The van der Waals surface area contributed by atoms with Gasteiger partial charge in [-0.1, -0.05) is 0 Å². The number of hydrogen-bond donors (Lipinski definition) is 13. The van der Waals surface area contributed by atoms with Crippen LogP contribution >= 0.6 is 34.0 Å². The molecular formula is C99H176F2N32S3. The lowest BCUT2D eigenvalue weighted by molar-refractivity contribution is 0.572. The topological polar surface area (TPSA) is 357 Å². The fourth-order valence-corrected chi connectivity index (χ4v) is 12.8. The SMILES string of the molecule is CC(C)(C)Nc1ccc(F)nc1.CC(C)(C)Nc1nccs1.Cc1cc(NC(C)(C)C)cnc1F.Cc1cc(NC(C)(C)C)n(C)n1.Cc1cc(NC(C)(C)C)nn1C.Cc1cnc(NC(C)(C)C)[nH]1.Cc1cnc(NC(C)(C)C)s1.Cc1csc(NC(C)(C)C)n1.Cn1ccc(NC(C)(C)C)n1.Cn1ccnc1NC(C)(C)C.Cn1cnc(NC(C)(C)C)n1.Cn1nccc1NC(C)(C)C. The highest BCUT2D eigenvalue weighted by molar-refractivity contribution is 7.15. The molecule has 0 fully saturated rings. The van der Waals surface area contributed by atoms with Crippen LogP contribution in [0.2, 0.25) is 0 Å². The molecule has 0 atom stereocenters. The Morgan fingerprint density at radius 3 is 1.24 bits per heavy atom. The number of H-pyrrole nitrogens is 1. The van der Waals surface area contributed by atoms with Crippen molar-refractivity contribution in [3.8, 4) is 0 Å². The summed E-state index contributed by atoms with van der Waals surface area (Å²) in [6.45, 7) is 87.5. The lowest BCUT2D eigenvalue weighted by atomic mass is 10.1. The molecule has 0 aliphatic rings. The smallest absolute Gasteiger partial charge is 0.242 e.